The van der Waals surface area contributed by atoms with Gasteiger partial charge in [0, 0.05) is 17.3 Å². The number of aryl methyl sites for hydroxylation is 2. The van der Waals surface area contributed by atoms with Gasteiger partial charge in [0.1, 0.15) is 6.04 Å². The Kier molecular flexibility index (Phi) is 8.02. The highest BCUT2D eigenvalue weighted by atomic mass is 16.5. The number of ether oxygens (including phenoxy) is 2. The summed E-state index contributed by atoms with van der Waals surface area (Å²) in [5.41, 5.74) is 6.07. The molecule has 0 radical (unpaired) electrons. The second-order valence-corrected chi connectivity index (χ2v) is 8.58. The minimum absolute atomic E-state index is 0.0239. The van der Waals surface area contributed by atoms with Crippen LogP contribution >= 0.6 is 0 Å². The van der Waals surface area contributed by atoms with E-state index in [0.717, 1.165) is 33.5 Å². The van der Waals surface area contributed by atoms with E-state index in [9.17, 15) is 9.59 Å². The maximum atomic E-state index is 12.6. The van der Waals surface area contributed by atoms with Crippen molar-refractivity contribution < 1.29 is 24.2 Å². The van der Waals surface area contributed by atoms with Gasteiger partial charge >= 0.3 is 5.97 Å². The summed E-state index contributed by atoms with van der Waals surface area (Å²) in [7, 11) is 3.23. The summed E-state index contributed by atoms with van der Waals surface area (Å²) in [6, 6.07) is 16.9. The van der Waals surface area contributed by atoms with Crippen molar-refractivity contribution in [3.8, 4) is 22.6 Å². The van der Waals surface area contributed by atoms with Crippen molar-refractivity contribution in [1.29, 1.82) is 0 Å². The Morgan fingerprint density at radius 3 is 2.11 bits per heavy atom. The smallest absolute Gasteiger partial charge is 0.325 e. The van der Waals surface area contributed by atoms with Crippen molar-refractivity contribution in [2.45, 2.75) is 39.8 Å². The molecular formula is C28H32N2O5. The van der Waals surface area contributed by atoms with E-state index in [1.165, 1.54) is 6.92 Å². The number of anilines is 1. The molecule has 2 atom stereocenters. The molecule has 0 fully saturated rings. The molecule has 0 saturated carbocycles. The molecule has 0 saturated heterocycles. The highest BCUT2D eigenvalue weighted by molar-refractivity contribution is 5.99. The number of nitrogens with one attached hydrogen (secondary N) is 2. The van der Waals surface area contributed by atoms with E-state index in [2.05, 4.69) is 23.6 Å². The molecule has 7 heteroatoms. The van der Waals surface area contributed by atoms with E-state index in [-0.39, 0.29) is 11.9 Å². The summed E-state index contributed by atoms with van der Waals surface area (Å²) in [6.07, 6.45) is 0. The van der Waals surface area contributed by atoms with Crippen molar-refractivity contribution >= 4 is 17.6 Å². The van der Waals surface area contributed by atoms with Gasteiger partial charge in [-0.25, -0.2) is 0 Å². The molecule has 3 N–H and O–H groups in total. The van der Waals surface area contributed by atoms with Gasteiger partial charge in [-0.1, -0.05) is 30.3 Å². The highest BCUT2D eigenvalue weighted by Crippen LogP contribution is 2.32. The SMILES string of the molecule is COc1ccc(C(C)Nc2cccc(-c3cc(C)c(C(=O)NC(C)C(=O)O)c(C)c3)c2)cc1OC. The van der Waals surface area contributed by atoms with E-state index in [1.807, 2.05) is 62.4 Å². The van der Waals surface area contributed by atoms with Crippen LogP contribution in [0.5, 0.6) is 11.5 Å². The van der Waals surface area contributed by atoms with Crippen LogP contribution in [-0.2, 0) is 4.79 Å². The average Bonchev–Trinajstić information content (AvgIpc) is 2.83. The molecule has 35 heavy (non-hydrogen) atoms. The molecule has 0 aliphatic heterocycles. The molecule has 0 aliphatic carbocycles. The van der Waals surface area contributed by atoms with E-state index >= 15 is 0 Å². The van der Waals surface area contributed by atoms with Crippen LogP contribution in [0.3, 0.4) is 0 Å². The lowest BCUT2D eigenvalue weighted by Gasteiger charge is -2.19. The lowest BCUT2D eigenvalue weighted by Crippen LogP contribution is -2.38. The van der Waals surface area contributed by atoms with Crippen LogP contribution in [0.15, 0.2) is 54.6 Å². The molecule has 2 unspecified atom stereocenters. The maximum Gasteiger partial charge on any atom is 0.325 e. The third-order valence-electron chi connectivity index (χ3n) is 5.96. The summed E-state index contributed by atoms with van der Waals surface area (Å²) < 4.78 is 10.8. The normalized spacial score (nSPS) is 12.4. The maximum absolute atomic E-state index is 12.6. The van der Waals surface area contributed by atoms with Crippen molar-refractivity contribution in [2.75, 3.05) is 19.5 Å². The zero-order chi connectivity index (χ0) is 25.7. The number of hydrogen-bond acceptors (Lipinski definition) is 5. The van der Waals surface area contributed by atoms with Gasteiger partial charge < -0.3 is 25.2 Å². The number of amides is 1. The van der Waals surface area contributed by atoms with Crippen molar-refractivity contribution in [1.82, 2.24) is 5.32 Å². The molecule has 0 spiro atoms. The summed E-state index contributed by atoms with van der Waals surface area (Å²) in [6.45, 7) is 7.24. The van der Waals surface area contributed by atoms with Gasteiger partial charge in [0.05, 0.1) is 14.2 Å². The standard InChI is InChI=1S/C28H32N2O5/c1-16-12-22(13-17(2)26(16)27(31)30-19(4)28(32)33)21-8-7-9-23(14-21)29-18(3)20-10-11-24(34-5)25(15-20)35-6/h7-15,18-19,29H,1-6H3,(H,30,31)(H,32,33). The number of hydrogen-bond donors (Lipinski definition) is 3. The van der Waals surface area contributed by atoms with Crippen molar-refractivity contribution in [3.63, 3.8) is 0 Å². The zero-order valence-corrected chi connectivity index (χ0v) is 20.9. The number of benzene rings is 3. The van der Waals surface area contributed by atoms with Gasteiger partial charge in [0.15, 0.2) is 11.5 Å². The molecule has 1 amide bonds. The average molecular weight is 477 g/mol. The number of methoxy groups -OCH3 is 2. The quantitative estimate of drug-likeness (QED) is 0.385. The third-order valence-corrected chi connectivity index (χ3v) is 5.96. The molecule has 7 nitrogen and oxygen atoms in total. The van der Waals surface area contributed by atoms with E-state index in [1.54, 1.807) is 14.2 Å². The van der Waals surface area contributed by atoms with Crippen LogP contribution in [0.1, 0.15) is 46.9 Å². The van der Waals surface area contributed by atoms with Crippen LogP contribution in [0.4, 0.5) is 5.69 Å². The molecule has 0 aromatic heterocycles. The van der Waals surface area contributed by atoms with Crippen LogP contribution in [0.2, 0.25) is 0 Å². The van der Waals surface area contributed by atoms with Crippen LogP contribution < -0.4 is 20.1 Å². The predicted octanol–water partition coefficient (Wildman–Crippen LogP) is 5.36. The Balaban J connectivity index is 1.83. The fourth-order valence-electron chi connectivity index (χ4n) is 4.06. The van der Waals surface area contributed by atoms with Gasteiger partial charge in [-0.2, -0.15) is 0 Å². The third kappa shape index (κ3) is 5.93. The molecular weight excluding hydrogens is 444 g/mol. The first-order chi connectivity index (χ1) is 16.6. The lowest BCUT2D eigenvalue weighted by atomic mass is 9.94. The van der Waals surface area contributed by atoms with E-state index in [0.29, 0.717) is 17.1 Å². The fourth-order valence-corrected chi connectivity index (χ4v) is 4.06. The Morgan fingerprint density at radius 2 is 1.51 bits per heavy atom. The van der Waals surface area contributed by atoms with Crippen LogP contribution in [0, 0.1) is 13.8 Å². The summed E-state index contributed by atoms with van der Waals surface area (Å²) in [5, 5.41) is 15.2. The molecule has 3 aromatic carbocycles. The predicted molar refractivity (Wildman–Crippen MR) is 137 cm³/mol. The largest absolute Gasteiger partial charge is 0.493 e. The van der Waals surface area contributed by atoms with Crippen LogP contribution in [0.25, 0.3) is 11.1 Å². The number of carbonyl (C=O) groups excluding carboxylic acids is 1. The van der Waals surface area contributed by atoms with Gasteiger partial charge in [0.2, 0.25) is 0 Å². The van der Waals surface area contributed by atoms with Gasteiger partial charge in [-0.05, 0) is 79.8 Å². The second kappa shape index (κ2) is 11.0. The summed E-state index contributed by atoms with van der Waals surface area (Å²) in [5.74, 6) is -0.0940. The van der Waals surface area contributed by atoms with Gasteiger partial charge in [-0.15, -0.1) is 0 Å². The highest BCUT2D eigenvalue weighted by Gasteiger charge is 2.19. The van der Waals surface area contributed by atoms with Crippen molar-refractivity contribution in [3.05, 3.63) is 76.9 Å². The number of carbonyl (C=O) groups is 2. The Hall–Kier alpha value is -4.00. The molecule has 0 bridgehead atoms. The fraction of sp³-hybridized carbons (Fsp3) is 0.286. The number of carboxylic acid groups (broad SMARTS) is 1. The monoisotopic (exact) mass is 476 g/mol. The van der Waals surface area contributed by atoms with Crippen molar-refractivity contribution in [2.24, 2.45) is 0 Å². The molecule has 3 aromatic rings. The van der Waals surface area contributed by atoms with Gasteiger partial charge in [0.25, 0.3) is 5.91 Å². The molecule has 3 rings (SSSR count). The Morgan fingerprint density at radius 1 is 0.857 bits per heavy atom. The summed E-state index contributed by atoms with van der Waals surface area (Å²) in [4.78, 5) is 23.7. The van der Waals surface area contributed by atoms with E-state index in [4.69, 9.17) is 14.6 Å². The lowest BCUT2D eigenvalue weighted by molar-refractivity contribution is -0.138. The number of rotatable bonds is 9. The Labute approximate surface area is 206 Å². The minimum atomic E-state index is -1.07. The minimum Gasteiger partial charge on any atom is -0.493 e. The topological polar surface area (TPSA) is 96.9 Å². The zero-order valence-electron chi connectivity index (χ0n) is 20.9. The van der Waals surface area contributed by atoms with Gasteiger partial charge in [-0.3, -0.25) is 9.59 Å². The number of aliphatic carboxylic acids is 1. The molecule has 0 aliphatic rings. The van der Waals surface area contributed by atoms with Crippen LogP contribution in [-0.4, -0.2) is 37.2 Å². The second-order valence-electron chi connectivity index (χ2n) is 8.58. The molecule has 0 heterocycles. The first-order valence-corrected chi connectivity index (χ1v) is 11.4. The number of carboxylic acids is 1. The summed E-state index contributed by atoms with van der Waals surface area (Å²) >= 11 is 0. The Bertz CT molecular complexity index is 1210. The van der Waals surface area contributed by atoms with E-state index < -0.39 is 12.0 Å². The molecule has 184 valence electrons. The first kappa shape index (κ1) is 25.6. The first-order valence-electron chi connectivity index (χ1n) is 11.4.